The van der Waals surface area contributed by atoms with Crippen molar-refractivity contribution in [2.24, 2.45) is 5.92 Å². The predicted molar refractivity (Wildman–Crippen MR) is 63.6 cm³/mol. The smallest absolute Gasteiger partial charge is 0.351 e. The maximum absolute atomic E-state index is 12.3. The first kappa shape index (κ1) is 11.3. The van der Waals surface area contributed by atoms with Crippen molar-refractivity contribution in [3.63, 3.8) is 0 Å². The molecule has 0 unspecified atom stereocenters. The number of esters is 1. The minimum absolute atomic E-state index is 0.00282. The quantitative estimate of drug-likeness (QED) is 0.746. The molecule has 1 aromatic carbocycles. The van der Waals surface area contributed by atoms with Crippen LogP contribution < -0.4 is 4.74 Å². The highest BCUT2D eigenvalue weighted by Crippen LogP contribution is 2.54. The Labute approximate surface area is 105 Å². The number of carbonyl (C=O) groups is 2. The van der Waals surface area contributed by atoms with Crippen molar-refractivity contribution in [1.29, 1.82) is 0 Å². The van der Waals surface area contributed by atoms with Crippen LogP contribution in [0.15, 0.2) is 18.2 Å². The second kappa shape index (κ2) is 3.57. The monoisotopic (exact) mass is 246 g/mol. The molecule has 1 aliphatic carbocycles. The molecule has 1 aliphatic heterocycles. The molecule has 0 amide bonds. The number of hydrogen-bond acceptors (Lipinski definition) is 4. The highest BCUT2D eigenvalue weighted by Gasteiger charge is 2.70. The summed E-state index contributed by atoms with van der Waals surface area (Å²) >= 11 is 0. The van der Waals surface area contributed by atoms with E-state index in [2.05, 4.69) is 0 Å². The van der Waals surface area contributed by atoms with E-state index in [1.807, 2.05) is 19.1 Å². The zero-order valence-corrected chi connectivity index (χ0v) is 10.4. The minimum atomic E-state index is -1.05. The highest BCUT2D eigenvalue weighted by molar-refractivity contribution is 6.09. The Morgan fingerprint density at radius 2 is 2.33 bits per heavy atom. The van der Waals surface area contributed by atoms with Crippen LogP contribution >= 0.6 is 0 Å². The van der Waals surface area contributed by atoms with Crippen molar-refractivity contribution in [2.75, 3.05) is 7.11 Å². The van der Waals surface area contributed by atoms with Crippen molar-refractivity contribution in [2.45, 2.75) is 25.4 Å². The Morgan fingerprint density at radius 1 is 1.56 bits per heavy atom. The first-order valence-corrected chi connectivity index (χ1v) is 6.07. The number of ether oxygens (including phenoxy) is 2. The van der Waals surface area contributed by atoms with E-state index in [1.165, 1.54) is 7.11 Å². The van der Waals surface area contributed by atoms with Gasteiger partial charge in [-0.05, 0) is 24.1 Å². The van der Waals surface area contributed by atoms with E-state index in [-0.39, 0.29) is 11.7 Å². The first-order chi connectivity index (χ1) is 8.62. The number of Topliss-reactive ketones (excluding diaryl/α,β-unsaturated/α-hetero) is 1. The fourth-order valence-electron chi connectivity index (χ4n) is 2.56. The molecule has 18 heavy (non-hydrogen) atoms. The molecular formula is C14H14O4. The molecule has 1 saturated carbocycles. The Bertz CT molecular complexity index is 549. The molecular weight excluding hydrogens is 232 g/mol. The molecule has 2 aliphatic rings. The molecule has 1 fully saturated rings. The summed E-state index contributed by atoms with van der Waals surface area (Å²) in [6, 6.07) is 5.54. The van der Waals surface area contributed by atoms with E-state index in [0.29, 0.717) is 17.7 Å². The number of benzene rings is 1. The average molecular weight is 246 g/mol. The van der Waals surface area contributed by atoms with Crippen LogP contribution in [-0.4, -0.2) is 24.5 Å². The van der Waals surface area contributed by atoms with Gasteiger partial charge >= 0.3 is 5.97 Å². The van der Waals surface area contributed by atoms with Crippen LogP contribution in [0.4, 0.5) is 0 Å². The summed E-state index contributed by atoms with van der Waals surface area (Å²) in [5.41, 5.74) is 0.639. The Kier molecular flexibility index (Phi) is 2.24. The Balaban J connectivity index is 2.02. The third-order valence-corrected chi connectivity index (χ3v) is 3.77. The van der Waals surface area contributed by atoms with Gasteiger partial charge in [0.1, 0.15) is 5.75 Å². The van der Waals surface area contributed by atoms with Gasteiger partial charge in [0.2, 0.25) is 5.60 Å². The number of methoxy groups -OCH3 is 1. The molecule has 4 nitrogen and oxygen atoms in total. The lowest BCUT2D eigenvalue weighted by Crippen LogP contribution is -2.38. The van der Waals surface area contributed by atoms with Crippen LogP contribution in [0.2, 0.25) is 0 Å². The van der Waals surface area contributed by atoms with Gasteiger partial charge in [-0.3, -0.25) is 4.79 Å². The van der Waals surface area contributed by atoms with Crippen LogP contribution in [-0.2, 0) is 16.0 Å². The fourth-order valence-corrected chi connectivity index (χ4v) is 2.56. The summed E-state index contributed by atoms with van der Waals surface area (Å²) in [6.45, 7) is 2.03. The van der Waals surface area contributed by atoms with Crippen LogP contribution in [0.1, 0.15) is 29.3 Å². The van der Waals surface area contributed by atoms with Crippen molar-refractivity contribution in [3.05, 3.63) is 29.3 Å². The number of rotatable bonds is 2. The second-order valence-corrected chi connectivity index (χ2v) is 4.79. The van der Waals surface area contributed by atoms with Crippen LogP contribution in [0.25, 0.3) is 0 Å². The maximum Gasteiger partial charge on any atom is 0.351 e. The Hall–Kier alpha value is -1.84. The van der Waals surface area contributed by atoms with E-state index in [1.54, 1.807) is 6.07 Å². The summed E-state index contributed by atoms with van der Waals surface area (Å²) in [4.78, 5) is 24.0. The normalized spacial score (nSPS) is 27.9. The van der Waals surface area contributed by atoms with Gasteiger partial charge in [0, 0.05) is 6.42 Å². The van der Waals surface area contributed by atoms with Crippen LogP contribution in [0.3, 0.4) is 0 Å². The van der Waals surface area contributed by atoms with Gasteiger partial charge in [0.05, 0.1) is 18.6 Å². The number of aryl methyl sites for hydroxylation is 1. The third-order valence-electron chi connectivity index (χ3n) is 3.77. The summed E-state index contributed by atoms with van der Waals surface area (Å²) in [6.07, 6.45) is 1.29. The van der Waals surface area contributed by atoms with Crippen molar-refractivity contribution >= 4 is 11.8 Å². The lowest BCUT2D eigenvalue weighted by atomic mass is 9.98. The number of fused-ring (bicyclic) bond motifs is 2. The molecule has 0 radical (unpaired) electrons. The summed E-state index contributed by atoms with van der Waals surface area (Å²) in [5.74, 6) is -0.330. The summed E-state index contributed by atoms with van der Waals surface area (Å²) < 4.78 is 10.4. The first-order valence-electron chi connectivity index (χ1n) is 6.07. The van der Waals surface area contributed by atoms with E-state index < -0.39 is 11.6 Å². The molecule has 2 atom stereocenters. The molecule has 1 aromatic rings. The number of ketones is 1. The van der Waals surface area contributed by atoms with Gasteiger partial charge in [0.15, 0.2) is 5.78 Å². The standard InChI is InChI=1S/C14H14O4/c1-3-8-4-5-11-9(6-8)12(15)10-7-14(10,18-11)13(16)17-2/h4-6,10H,3,7H2,1-2H3/t10-,14-/m1/s1. The lowest BCUT2D eigenvalue weighted by Gasteiger charge is -2.23. The molecule has 4 heteroatoms. The molecule has 3 rings (SSSR count). The lowest BCUT2D eigenvalue weighted by molar-refractivity contribution is -0.151. The van der Waals surface area contributed by atoms with Gasteiger partial charge < -0.3 is 9.47 Å². The van der Waals surface area contributed by atoms with Gasteiger partial charge in [-0.25, -0.2) is 4.79 Å². The van der Waals surface area contributed by atoms with Gasteiger partial charge in [0.25, 0.3) is 0 Å². The van der Waals surface area contributed by atoms with E-state index in [0.717, 1.165) is 12.0 Å². The molecule has 94 valence electrons. The molecule has 0 bridgehead atoms. The SMILES string of the molecule is CCc1ccc2c(c1)C(=O)[C@H]1C[C@@]1(C(=O)OC)O2. The van der Waals surface area contributed by atoms with E-state index in [4.69, 9.17) is 9.47 Å². The van der Waals surface area contributed by atoms with Crippen LogP contribution in [0, 0.1) is 5.92 Å². The predicted octanol–water partition coefficient (Wildman–Crippen LogP) is 1.76. The Morgan fingerprint density at radius 3 is 3.00 bits per heavy atom. The van der Waals surface area contributed by atoms with Crippen molar-refractivity contribution < 1.29 is 19.1 Å². The summed E-state index contributed by atoms with van der Waals surface area (Å²) in [7, 11) is 1.32. The van der Waals surface area contributed by atoms with Gasteiger partial charge in [-0.1, -0.05) is 13.0 Å². The minimum Gasteiger partial charge on any atom is -0.474 e. The number of hydrogen-bond donors (Lipinski definition) is 0. The second-order valence-electron chi connectivity index (χ2n) is 4.79. The zero-order valence-electron chi connectivity index (χ0n) is 10.4. The highest BCUT2D eigenvalue weighted by atomic mass is 16.6. The van der Waals surface area contributed by atoms with E-state index >= 15 is 0 Å². The van der Waals surface area contributed by atoms with Gasteiger partial charge in [-0.15, -0.1) is 0 Å². The number of carbonyl (C=O) groups excluding carboxylic acids is 2. The summed E-state index contributed by atoms with van der Waals surface area (Å²) in [5, 5.41) is 0. The molecule has 0 saturated heterocycles. The van der Waals surface area contributed by atoms with Gasteiger partial charge in [-0.2, -0.15) is 0 Å². The average Bonchev–Trinajstić information content (AvgIpc) is 3.14. The van der Waals surface area contributed by atoms with Crippen molar-refractivity contribution in [1.82, 2.24) is 0 Å². The topological polar surface area (TPSA) is 52.6 Å². The van der Waals surface area contributed by atoms with Crippen molar-refractivity contribution in [3.8, 4) is 5.75 Å². The fraction of sp³-hybridized carbons (Fsp3) is 0.429. The molecule has 1 heterocycles. The molecule has 0 aromatic heterocycles. The van der Waals surface area contributed by atoms with Crippen LogP contribution in [0.5, 0.6) is 5.75 Å². The third kappa shape index (κ3) is 1.32. The van der Waals surface area contributed by atoms with E-state index in [9.17, 15) is 9.59 Å². The zero-order chi connectivity index (χ0) is 12.9. The molecule has 0 N–H and O–H groups in total. The largest absolute Gasteiger partial charge is 0.474 e. The molecule has 0 spiro atoms. The maximum atomic E-state index is 12.3.